The van der Waals surface area contributed by atoms with Crippen LogP contribution >= 0.6 is 0 Å². The monoisotopic (exact) mass is 319 g/mol. The van der Waals surface area contributed by atoms with Gasteiger partial charge in [-0.2, -0.15) is 0 Å². The van der Waals surface area contributed by atoms with Gasteiger partial charge in [0.1, 0.15) is 17.1 Å². The van der Waals surface area contributed by atoms with E-state index in [9.17, 15) is 9.18 Å². The number of likely N-dealkylation sites (tertiary alicyclic amines) is 1. The average Bonchev–Trinajstić information content (AvgIpc) is 2.88. The van der Waals surface area contributed by atoms with E-state index in [1.807, 2.05) is 26.8 Å². The summed E-state index contributed by atoms with van der Waals surface area (Å²) in [5, 5.41) is 0.787. The standard InChI is InChI=1S/C17H22FN3O2/c1-17(2,3)23-16(22)21-6-4-11(5-7-21)14-9-12-8-13(18)10-19-15(12)20-14/h8-11H,4-7H2,1-3H3,(H,19,20). The molecule has 23 heavy (non-hydrogen) atoms. The summed E-state index contributed by atoms with van der Waals surface area (Å²) in [6.07, 6.45) is 2.67. The van der Waals surface area contributed by atoms with Gasteiger partial charge in [-0.05, 0) is 45.7 Å². The third kappa shape index (κ3) is 3.63. The summed E-state index contributed by atoms with van der Waals surface area (Å²) in [4.78, 5) is 21.2. The van der Waals surface area contributed by atoms with E-state index in [1.54, 1.807) is 4.90 Å². The number of piperidine rings is 1. The van der Waals surface area contributed by atoms with Crippen molar-refractivity contribution in [3.05, 3.63) is 29.8 Å². The fourth-order valence-electron chi connectivity index (χ4n) is 2.93. The molecule has 0 unspecified atom stereocenters. The molecule has 3 heterocycles. The molecule has 5 nitrogen and oxygen atoms in total. The van der Waals surface area contributed by atoms with Gasteiger partial charge in [-0.3, -0.25) is 0 Å². The van der Waals surface area contributed by atoms with Gasteiger partial charge in [-0.25, -0.2) is 14.2 Å². The van der Waals surface area contributed by atoms with Crippen molar-refractivity contribution in [2.45, 2.75) is 45.1 Å². The Morgan fingerprint density at radius 2 is 2.04 bits per heavy atom. The third-order valence-electron chi connectivity index (χ3n) is 4.04. The number of pyridine rings is 1. The zero-order valence-corrected chi connectivity index (χ0v) is 13.7. The Morgan fingerprint density at radius 1 is 1.35 bits per heavy atom. The second kappa shape index (κ2) is 5.83. The summed E-state index contributed by atoms with van der Waals surface area (Å²) in [5.41, 5.74) is 1.29. The summed E-state index contributed by atoms with van der Waals surface area (Å²) in [7, 11) is 0. The van der Waals surface area contributed by atoms with Crippen LogP contribution in [0.2, 0.25) is 0 Å². The number of halogens is 1. The highest BCUT2D eigenvalue weighted by molar-refractivity contribution is 5.76. The zero-order valence-electron chi connectivity index (χ0n) is 13.7. The van der Waals surface area contributed by atoms with E-state index in [-0.39, 0.29) is 11.9 Å². The van der Waals surface area contributed by atoms with Gasteiger partial charge < -0.3 is 14.6 Å². The highest BCUT2D eigenvalue weighted by Gasteiger charge is 2.28. The first-order valence-electron chi connectivity index (χ1n) is 7.94. The first-order chi connectivity index (χ1) is 10.8. The van der Waals surface area contributed by atoms with Crippen LogP contribution in [0.25, 0.3) is 11.0 Å². The Kier molecular flexibility index (Phi) is 4.00. The molecule has 1 amide bonds. The van der Waals surface area contributed by atoms with E-state index in [0.717, 1.165) is 23.9 Å². The number of rotatable bonds is 1. The van der Waals surface area contributed by atoms with Gasteiger partial charge in [0.25, 0.3) is 0 Å². The van der Waals surface area contributed by atoms with Crippen LogP contribution in [0, 0.1) is 5.82 Å². The van der Waals surface area contributed by atoms with Crippen LogP contribution < -0.4 is 0 Å². The van der Waals surface area contributed by atoms with Crippen molar-refractivity contribution in [1.29, 1.82) is 0 Å². The molecular weight excluding hydrogens is 297 g/mol. The molecule has 2 aromatic rings. The molecule has 0 aliphatic carbocycles. The van der Waals surface area contributed by atoms with E-state index >= 15 is 0 Å². The van der Waals surface area contributed by atoms with Gasteiger partial charge in [-0.1, -0.05) is 0 Å². The lowest BCUT2D eigenvalue weighted by atomic mass is 9.94. The number of aromatic nitrogens is 2. The Bertz CT molecular complexity index is 712. The SMILES string of the molecule is CC(C)(C)OC(=O)N1CCC(c2cc3cc(F)cnc3[nH]2)CC1. The lowest BCUT2D eigenvalue weighted by Gasteiger charge is -2.33. The topological polar surface area (TPSA) is 58.2 Å². The minimum atomic E-state index is -0.471. The molecule has 6 heteroatoms. The van der Waals surface area contributed by atoms with E-state index in [1.165, 1.54) is 12.3 Å². The molecule has 124 valence electrons. The number of carbonyl (C=O) groups is 1. The quantitative estimate of drug-likeness (QED) is 0.869. The third-order valence-corrected chi connectivity index (χ3v) is 4.04. The number of aromatic amines is 1. The number of fused-ring (bicyclic) bond motifs is 1. The van der Waals surface area contributed by atoms with Crippen molar-refractivity contribution >= 4 is 17.1 Å². The molecule has 0 atom stereocenters. The van der Waals surface area contributed by atoms with Crippen molar-refractivity contribution in [2.24, 2.45) is 0 Å². The normalized spacial score (nSPS) is 16.8. The first-order valence-corrected chi connectivity index (χ1v) is 7.94. The largest absolute Gasteiger partial charge is 0.444 e. The lowest BCUT2D eigenvalue weighted by Crippen LogP contribution is -2.41. The fourth-order valence-corrected chi connectivity index (χ4v) is 2.93. The number of hydrogen-bond donors (Lipinski definition) is 1. The Morgan fingerprint density at radius 3 is 2.70 bits per heavy atom. The van der Waals surface area contributed by atoms with Crippen molar-refractivity contribution in [2.75, 3.05) is 13.1 Å². The molecule has 3 rings (SSSR count). The minimum absolute atomic E-state index is 0.253. The van der Waals surface area contributed by atoms with Gasteiger partial charge in [0.15, 0.2) is 0 Å². The minimum Gasteiger partial charge on any atom is -0.444 e. The molecule has 0 saturated carbocycles. The number of nitrogens with one attached hydrogen (secondary N) is 1. The number of ether oxygens (including phenoxy) is 1. The Hall–Kier alpha value is -2.11. The van der Waals surface area contributed by atoms with Crippen molar-refractivity contribution in [1.82, 2.24) is 14.9 Å². The second-order valence-corrected chi connectivity index (χ2v) is 7.06. The summed E-state index contributed by atoms with van der Waals surface area (Å²) < 4.78 is 18.6. The van der Waals surface area contributed by atoms with Crippen LogP contribution in [0.5, 0.6) is 0 Å². The molecule has 0 aromatic carbocycles. The number of amides is 1. The second-order valence-electron chi connectivity index (χ2n) is 7.06. The maximum absolute atomic E-state index is 13.2. The number of hydrogen-bond acceptors (Lipinski definition) is 3. The van der Waals surface area contributed by atoms with Gasteiger partial charge >= 0.3 is 6.09 Å². The van der Waals surface area contributed by atoms with Gasteiger partial charge in [0, 0.05) is 30.1 Å². The number of nitrogens with zero attached hydrogens (tertiary/aromatic N) is 2. The predicted molar refractivity (Wildman–Crippen MR) is 85.8 cm³/mol. The molecular formula is C17H22FN3O2. The number of H-pyrrole nitrogens is 1. The van der Waals surface area contributed by atoms with Gasteiger partial charge in [0.05, 0.1) is 6.20 Å². The summed E-state index contributed by atoms with van der Waals surface area (Å²) in [5.74, 6) is -0.00579. The lowest BCUT2D eigenvalue weighted by molar-refractivity contribution is 0.0204. The smallest absolute Gasteiger partial charge is 0.410 e. The van der Waals surface area contributed by atoms with Gasteiger partial charge in [0.2, 0.25) is 0 Å². The molecule has 0 bridgehead atoms. The van der Waals surface area contributed by atoms with Crippen LogP contribution in [0.3, 0.4) is 0 Å². The van der Waals surface area contributed by atoms with Crippen molar-refractivity contribution in [3.8, 4) is 0 Å². The Labute approximate surface area is 134 Å². The highest BCUT2D eigenvalue weighted by atomic mass is 19.1. The molecule has 1 aliphatic heterocycles. The highest BCUT2D eigenvalue weighted by Crippen LogP contribution is 2.30. The number of carbonyl (C=O) groups excluding carboxylic acids is 1. The van der Waals surface area contributed by atoms with E-state index in [0.29, 0.717) is 24.7 Å². The molecule has 1 N–H and O–H groups in total. The van der Waals surface area contributed by atoms with Gasteiger partial charge in [-0.15, -0.1) is 0 Å². The average molecular weight is 319 g/mol. The van der Waals surface area contributed by atoms with Crippen molar-refractivity contribution in [3.63, 3.8) is 0 Å². The molecule has 1 saturated heterocycles. The van der Waals surface area contributed by atoms with Crippen LogP contribution in [-0.2, 0) is 4.74 Å². The van der Waals surface area contributed by atoms with Crippen molar-refractivity contribution < 1.29 is 13.9 Å². The molecule has 0 radical (unpaired) electrons. The summed E-state index contributed by atoms with van der Waals surface area (Å²) in [6, 6.07) is 3.44. The van der Waals surface area contributed by atoms with Crippen LogP contribution in [0.4, 0.5) is 9.18 Å². The van der Waals surface area contributed by atoms with Crippen LogP contribution in [0.1, 0.15) is 45.2 Å². The summed E-state index contributed by atoms with van der Waals surface area (Å²) in [6.45, 7) is 6.93. The maximum Gasteiger partial charge on any atom is 0.410 e. The van der Waals surface area contributed by atoms with Crippen LogP contribution in [-0.4, -0.2) is 39.7 Å². The van der Waals surface area contributed by atoms with E-state index < -0.39 is 5.60 Å². The molecule has 1 fully saturated rings. The zero-order chi connectivity index (χ0) is 16.6. The molecule has 1 aliphatic rings. The van der Waals surface area contributed by atoms with E-state index in [4.69, 9.17) is 4.74 Å². The maximum atomic E-state index is 13.2. The Balaban J connectivity index is 1.65. The van der Waals surface area contributed by atoms with Crippen LogP contribution in [0.15, 0.2) is 18.3 Å². The first kappa shape index (κ1) is 15.8. The molecule has 2 aromatic heterocycles. The summed E-state index contributed by atoms with van der Waals surface area (Å²) >= 11 is 0. The predicted octanol–water partition coefficient (Wildman–Crippen LogP) is 3.82. The van der Waals surface area contributed by atoms with E-state index in [2.05, 4.69) is 9.97 Å². The fraction of sp³-hybridized carbons (Fsp3) is 0.529. The molecule has 0 spiro atoms.